The zero-order valence-corrected chi connectivity index (χ0v) is 12.9. The Balaban J connectivity index is 2.17. The molecular weight excluding hydrogens is 344 g/mol. The van der Waals surface area contributed by atoms with Crippen molar-refractivity contribution in [3.8, 4) is 0 Å². The summed E-state index contributed by atoms with van der Waals surface area (Å²) in [7, 11) is 1.82. The van der Waals surface area contributed by atoms with Crippen molar-refractivity contribution in [1.29, 1.82) is 0 Å². The average Bonchev–Trinajstić information content (AvgIpc) is 2.81. The average molecular weight is 354 g/mol. The first-order chi connectivity index (χ1) is 9.54. The number of aryl methyl sites for hydroxylation is 1. The first-order valence-corrected chi connectivity index (χ1v) is 7.05. The molecule has 5 nitrogen and oxygen atoms in total. The van der Waals surface area contributed by atoms with Crippen LogP contribution in [0.15, 0.2) is 39.9 Å². The van der Waals surface area contributed by atoms with Gasteiger partial charge in [0, 0.05) is 23.3 Å². The molecule has 0 unspecified atom stereocenters. The molecule has 20 heavy (non-hydrogen) atoms. The van der Waals surface area contributed by atoms with Gasteiger partial charge in [0.1, 0.15) is 0 Å². The van der Waals surface area contributed by atoms with Crippen molar-refractivity contribution >= 4 is 38.4 Å². The fourth-order valence-corrected chi connectivity index (χ4v) is 2.63. The van der Waals surface area contributed by atoms with E-state index >= 15 is 0 Å². The van der Waals surface area contributed by atoms with Crippen LogP contribution in [0.4, 0.5) is 0 Å². The Labute approximate surface area is 127 Å². The summed E-state index contributed by atoms with van der Waals surface area (Å²) in [6, 6.07) is 5.35. The highest BCUT2D eigenvalue weighted by Gasteiger charge is 2.11. The Kier molecular flexibility index (Phi) is 3.35. The van der Waals surface area contributed by atoms with Crippen molar-refractivity contribution in [3.05, 3.63) is 56.3 Å². The van der Waals surface area contributed by atoms with Crippen LogP contribution < -0.4 is 5.56 Å². The predicted octanol–water partition coefficient (Wildman–Crippen LogP) is 2.59. The van der Waals surface area contributed by atoms with Gasteiger partial charge in [0.25, 0.3) is 5.56 Å². The molecular formula is C13H10BrClN4O. The fourth-order valence-electron chi connectivity index (χ4n) is 2.04. The van der Waals surface area contributed by atoms with Gasteiger partial charge in [-0.05, 0) is 29.8 Å². The molecule has 2 aromatic heterocycles. The highest BCUT2D eigenvalue weighted by Crippen LogP contribution is 2.17. The van der Waals surface area contributed by atoms with Crippen LogP contribution >= 0.6 is 27.5 Å². The van der Waals surface area contributed by atoms with Gasteiger partial charge in [-0.25, -0.2) is 4.98 Å². The lowest BCUT2D eigenvalue weighted by molar-refractivity contribution is 0.743. The number of benzene rings is 1. The van der Waals surface area contributed by atoms with Crippen LogP contribution in [-0.2, 0) is 13.6 Å². The Hall–Kier alpha value is -1.66. The Morgan fingerprint density at radius 3 is 2.90 bits per heavy atom. The number of aromatic nitrogens is 4. The summed E-state index contributed by atoms with van der Waals surface area (Å²) in [4.78, 5) is 16.8. The van der Waals surface area contributed by atoms with Crippen LogP contribution in [0.1, 0.15) is 5.56 Å². The van der Waals surface area contributed by atoms with Crippen molar-refractivity contribution in [2.75, 3.05) is 0 Å². The van der Waals surface area contributed by atoms with Gasteiger partial charge in [0.05, 0.1) is 23.6 Å². The second-order valence-electron chi connectivity index (χ2n) is 4.46. The number of fused-ring (bicyclic) bond motifs is 1. The van der Waals surface area contributed by atoms with Crippen LogP contribution in [0.2, 0.25) is 5.28 Å². The van der Waals surface area contributed by atoms with Gasteiger partial charge in [-0.1, -0.05) is 15.9 Å². The Morgan fingerprint density at radius 2 is 2.20 bits per heavy atom. The van der Waals surface area contributed by atoms with Gasteiger partial charge in [0.15, 0.2) is 0 Å². The first-order valence-electron chi connectivity index (χ1n) is 5.88. The zero-order valence-electron chi connectivity index (χ0n) is 10.5. The van der Waals surface area contributed by atoms with Crippen LogP contribution in [0.25, 0.3) is 10.9 Å². The van der Waals surface area contributed by atoms with E-state index in [1.54, 1.807) is 23.0 Å². The van der Waals surface area contributed by atoms with E-state index in [1.807, 2.05) is 19.3 Å². The molecule has 0 radical (unpaired) electrons. The van der Waals surface area contributed by atoms with Gasteiger partial charge in [-0.2, -0.15) is 5.10 Å². The highest BCUT2D eigenvalue weighted by atomic mass is 79.9. The summed E-state index contributed by atoms with van der Waals surface area (Å²) in [6.07, 6.45) is 3.54. The Bertz CT molecular complexity index is 855. The van der Waals surface area contributed by atoms with Gasteiger partial charge in [-0.3, -0.25) is 14.0 Å². The number of hydrogen-bond acceptors (Lipinski definition) is 3. The number of rotatable bonds is 2. The summed E-state index contributed by atoms with van der Waals surface area (Å²) in [5.74, 6) is 0. The molecule has 0 aliphatic heterocycles. The number of halogens is 2. The molecule has 0 N–H and O–H groups in total. The molecule has 3 aromatic rings. The lowest BCUT2D eigenvalue weighted by Gasteiger charge is -2.08. The normalized spacial score (nSPS) is 11.2. The van der Waals surface area contributed by atoms with Crippen molar-refractivity contribution in [2.24, 2.45) is 7.05 Å². The summed E-state index contributed by atoms with van der Waals surface area (Å²) in [5, 5.41) is 4.79. The molecule has 0 saturated carbocycles. The second kappa shape index (κ2) is 5.03. The van der Waals surface area contributed by atoms with Gasteiger partial charge in [-0.15, -0.1) is 0 Å². The van der Waals surface area contributed by atoms with E-state index in [9.17, 15) is 4.79 Å². The van der Waals surface area contributed by atoms with Crippen molar-refractivity contribution in [3.63, 3.8) is 0 Å². The van der Waals surface area contributed by atoms with Gasteiger partial charge < -0.3 is 0 Å². The van der Waals surface area contributed by atoms with E-state index in [0.717, 1.165) is 10.0 Å². The number of nitrogens with zero attached hydrogens (tertiary/aromatic N) is 4. The smallest absolute Gasteiger partial charge is 0.262 e. The van der Waals surface area contributed by atoms with E-state index in [4.69, 9.17) is 11.6 Å². The molecule has 3 rings (SSSR count). The maximum Gasteiger partial charge on any atom is 0.262 e. The molecule has 1 aromatic carbocycles. The first kappa shape index (κ1) is 13.3. The second-order valence-corrected chi connectivity index (χ2v) is 5.71. The number of hydrogen-bond donors (Lipinski definition) is 0. The van der Waals surface area contributed by atoms with E-state index in [1.165, 1.54) is 4.57 Å². The van der Waals surface area contributed by atoms with E-state index < -0.39 is 0 Å². The van der Waals surface area contributed by atoms with Crippen LogP contribution in [0, 0.1) is 0 Å². The molecule has 2 heterocycles. The fraction of sp³-hybridized carbons (Fsp3) is 0.154. The summed E-state index contributed by atoms with van der Waals surface area (Å²) in [6.45, 7) is 0.348. The van der Waals surface area contributed by atoms with Crippen LogP contribution in [0.5, 0.6) is 0 Å². The Morgan fingerprint density at radius 1 is 1.40 bits per heavy atom. The molecule has 0 aliphatic rings. The molecule has 7 heteroatoms. The third-order valence-corrected chi connectivity index (χ3v) is 3.75. The summed E-state index contributed by atoms with van der Waals surface area (Å²) >= 11 is 9.48. The zero-order chi connectivity index (χ0) is 14.3. The quantitative estimate of drug-likeness (QED) is 0.666. The maximum absolute atomic E-state index is 12.5. The lowest BCUT2D eigenvalue weighted by Crippen LogP contribution is -2.22. The molecule has 0 aliphatic carbocycles. The van der Waals surface area contributed by atoms with E-state index in [-0.39, 0.29) is 10.8 Å². The van der Waals surface area contributed by atoms with Crippen molar-refractivity contribution < 1.29 is 0 Å². The largest absolute Gasteiger partial charge is 0.278 e. The molecule has 0 amide bonds. The monoisotopic (exact) mass is 352 g/mol. The van der Waals surface area contributed by atoms with E-state index in [2.05, 4.69) is 26.0 Å². The molecule has 0 atom stereocenters. The van der Waals surface area contributed by atoms with Gasteiger partial charge in [0.2, 0.25) is 5.28 Å². The van der Waals surface area contributed by atoms with E-state index in [0.29, 0.717) is 17.4 Å². The molecule has 0 bridgehead atoms. The van der Waals surface area contributed by atoms with Crippen LogP contribution in [0.3, 0.4) is 0 Å². The van der Waals surface area contributed by atoms with Crippen LogP contribution in [-0.4, -0.2) is 19.3 Å². The van der Waals surface area contributed by atoms with Crippen molar-refractivity contribution in [2.45, 2.75) is 6.54 Å². The third kappa shape index (κ3) is 2.36. The summed E-state index contributed by atoms with van der Waals surface area (Å²) < 4.78 is 3.95. The lowest BCUT2D eigenvalue weighted by atomic mass is 10.2. The standard InChI is InChI=1S/C13H10BrClN4O/c1-18-6-8(5-16-18)7-19-12(20)10-4-9(14)2-3-11(10)17-13(19)15/h2-6H,7H2,1H3. The predicted molar refractivity (Wildman–Crippen MR) is 81.0 cm³/mol. The minimum atomic E-state index is -0.162. The minimum Gasteiger partial charge on any atom is -0.278 e. The third-order valence-electron chi connectivity index (χ3n) is 2.97. The van der Waals surface area contributed by atoms with Crippen molar-refractivity contribution in [1.82, 2.24) is 19.3 Å². The topological polar surface area (TPSA) is 52.7 Å². The summed E-state index contributed by atoms with van der Waals surface area (Å²) in [5.41, 5.74) is 1.32. The molecule has 0 saturated heterocycles. The molecule has 102 valence electrons. The maximum atomic E-state index is 12.5. The SMILES string of the molecule is Cn1cc(Cn2c(Cl)nc3ccc(Br)cc3c2=O)cn1. The molecule has 0 fully saturated rings. The minimum absolute atomic E-state index is 0.162. The highest BCUT2D eigenvalue weighted by molar-refractivity contribution is 9.10. The molecule has 0 spiro atoms. The van der Waals surface area contributed by atoms with Gasteiger partial charge >= 0.3 is 0 Å².